The molecule has 0 aliphatic rings. The summed E-state index contributed by atoms with van der Waals surface area (Å²) in [6.45, 7) is 2.84. The number of rotatable bonds is 6. The molecule has 0 fully saturated rings. The Balaban J connectivity index is 1.97. The lowest BCUT2D eigenvalue weighted by molar-refractivity contribution is 0.0857. The second-order valence-corrected chi connectivity index (χ2v) is 6.51. The second kappa shape index (κ2) is 7.60. The van der Waals surface area contributed by atoms with Crippen molar-refractivity contribution in [1.82, 2.24) is 9.55 Å². The molecule has 0 saturated carbocycles. The minimum atomic E-state index is -0.483. The number of pyridine rings is 1. The summed E-state index contributed by atoms with van der Waals surface area (Å²) in [4.78, 5) is 4.37. The van der Waals surface area contributed by atoms with E-state index in [1.807, 2.05) is 18.3 Å². The summed E-state index contributed by atoms with van der Waals surface area (Å²) >= 11 is 12.2. The maximum absolute atomic E-state index is 13.4. The Labute approximate surface area is 155 Å². The number of aromatic nitrogens is 2. The Morgan fingerprint density at radius 1 is 1.28 bits per heavy atom. The highest BCUT2D eigenvalue weighted by atomic mass is 35.5. The third-order valence-electron chi connectivity index (χ3n) is 4.14. The predicted molar refractivity (Wildman–Crippen MR) is 101 cm³/mol. The van der Waals surface area contributed by atoms with Crippen LogP contribution in [0.15, 0.2) is 36.7 Å². The molecule has 3 aromatic rings. The average molecular weight is 382 g/mol. The first-order valence-corrected chi connectivity index (χ1v) is 8.67. The summed E-state index contributed by atoms with van der Waals surface area (Å²) in [5, 5.41) is 4.45. The van der Waals surface area contributed by atoms with E-state index in [9.17, 15) is 4.39 Å². The van der Waals surface area contributed by atoms with E-state index in [2.05, 4.69) is 21.8 Å². The number of hydrogen-bond acceptors (Lipinski definition) is 3. The third kappa shape index (κ3) is 3.73. The van der Waals surface area contributed by atoms with Crippen LogP contribution < -0.4 is 5.32 Å². The van der Waals surface area contributed by atoms with E-state index >= 15 is 0 Å². The summed E-state index contributed by atoms with van der Waals surface area (Å²) in [6, 6.07) is 6.34. The molecule has 1 unspecified atom stereocenters. The van der Waals surface area contributed by atoms with Gasteiger partial charge in [-0.3, -0.25) is 0 Å². The number of hydrogen-bond donors (Lipinski definition) is 1. The van der Waals surface area contributed by atoms with E-state index < -0.39 is 5.82 Å². The van der Waals surface area contributed by atoms with Crippen LogP contribution >= 0.6 is 23.2 Å². The fraction of sp³-hybridized carbons (Fsp3) is 0.278. The van der Waals surface area contributed by atoms with E-state index in [0.717, 1.165) is 23.9 Å². The van der Waals surface area contributed by atoms with Gasteiger partial charge < -0.3 is 14.6 Å². The molecule has 1 N–H and O–H groups in total. The molecule has 0 spiro atoms. The van der Waals surface area contributed by atoms with Crippen LogP contribution in [0.3, 0.4) is 0 Å². The molecule has 0 radical (unpaired) electrons. The molecule has 0 aliphatic heterocycles. The van der Waals surface area contributed by atoms with Gasteiger partial charge in [0.1, 0.15) is 11.6 Å². The standard InChI is InChI=1S/C18H18Cl2FN3O/c1-3-12(25-2)10-24-7-5-13-16(24)4-6-22-18(13)23-17-14(19)8-11(21)9-15(17)20/h4-9,12H,3,10H2,1-2H3,(H,22,23). The smallest absolute Gasteiger partial charge is 0.139 e. The van der Waals surface area contributed by atoms with Crippen molar-refractivity contribution >= 4 is 45.6 Å². The van der Waals surface area contributed by atoms with Crippen molar-refractivity contribution in [1.29, 1.82) is 0 Å². The van der Waals surface area contributed by atoms with E-state index in [1.165, 1.54) is 12.1 Å². The first kappa shape index (κ1) is 18.0. The van der Waals surface area contributed by atoms with Gasteiger partial charge in [-0.05, 0) is 30.7 Å². The molecular formula is C18H18Cl2FN3O. The molecule has 3 rings (SSSR count). The van der Waals surface area contributed by atoms with E-state index in [-0.39, 0.29) is 16.1 Å². The first-order chi connectivity index (χ1) is 12.0. The van der Waals surface area contributed by atoms with Gasteiger partial charge in [0.15, 0.2) is 0 Å². The van der Waals surface area contributed by atoms with Gasteiger partial charge in [-0.2, -0.15) is 0 Å². The van der Waals surface area contributed by atoms with Crippen molar-refractivity contribution in [2.24, 2.45) is 0 Å². The van der Waals surface area contributed by atoms with Gasteiger partial charge in [0.25, 0.3) is 0 Å². The lowest BCUT2D eigenvalue weighted by atomic mass is 10.2. The van der Waals surface area contributed by atoms with Crippen LogP contribution in [-0.2, 0) is 11.3 Å². The highest BCUT2D eigenvalue weighted by Gasteiger charge is 2.14. The van der Waals surface area contributed by atoms with Gasteiger partial charge in [0, 0.05) is 31.4 Å². The van der Waals surface area contributed by atoms with Gasteiger partial charge in [-0.1, -0.05) is 30.1 Å². The molecular weight excluding hydrogens is 364 g/mol. The molecule has 0 bridgehead atoms. The van der Waals surface area contributed by atoms with E-state index in [1.54, 1.807) is 13.3 Å². The fourth-order valence-corrected chi connectivity index (χ4v) is 3.31. The number of ether oxygens (including phenoxy) is 1. The number of benzene rings is 1. The largest absolute Gasteiger partial charge is 0.380 e. The summed E-state index contributed by atoms with van der Waals surface area (Å²) in [6.07, 6.45) is 4.77. The van der Waals surface area contributed by atoms with E-state index in [0.29, 0.717) is 11.5 Å². The summed E-state index contributed by atoms with van der Waals surface area (Å²) in [5.41, 5.74) is 1.45. The second-order valence-electron chi connectivity index (χ2n) is 5.70. The molecule has 25 heavy (non-hydrogen) atoms. The van der Waals surface area contributed by atoms with Crippen molar-refractivity contribution < 1.29 is 9.13 Å². The molecule has 4 nitrogen and oxygen atoms in total. The van der Waals surface area contributed by atoms with Gasteiger partial charge in [0.05, 0.1) is 27.4 Å². The quantitative estimate of drug-likeness (QED) is 0.599. The van der Waals surface area contributed by atoms with Crippen LogP contribution in [0.1, 0.15) is 13.3 Å². The van der Waals surface area contributed by atoms with Crippen molar-refractivity contribution in [3.8, 4) is 0 Å². The Morgan fingerprint density at radius 3 is 2.64 bits per heavy atom. The van der Waals surface area contributed by atoms with Gasteiger partial charge in [0.2, 0.25) is 0 Å². The Hall–Kier alpha value is -1.82. The summed E-state index contributed by atoms with van der Waals surface area (Å²) in [5.74, 6) is 0.125. The molecule has 1 atom stereocenters. The zero-order valence-electron chi connectivity index (χ0n) is 13.9. The topological polar surface area (TPSA) is 39.1 Å². The van der Waals surface area contributed by atoms with Gasteiger partial charge in [-0.15, -0.1) is 0 Å². The van der Waals surface area contributed by atoms with Crippen LogP contribution in [0.5, 0.6) is 0 Å². The zero-order valence-corrected chi connectivity index (χ0v) is 15.4. The van der Waals surface area contributed by atoms with Crippen molar-refractivity contribution in [3.63, 3.8) is 0 Å². The number of anilines is 2. The van der Waals surface area contributed by atoms with Crippen LogP contribution in [0, 0.1) is 5.82 Å². The number of halogens is 3. The Morgan fingerprint density at radius 2 is 2.00 bits per heavy atom. The number of nitrogens with zero attached hydrogens (tertiary/aromatic N) is 2. The molecule has 7 heteroatoms. The highest BCUT2D eigenvalue weighted by Crippen LogP contribution is 2.35. The van der Waals surface area contributed by atoms with Gasteiger partial charge >= 0.3 is 0 Å². The third-order valence-corrected chi connectivity index (χ3v) is 4.73. The minimum Gasteiger partial charge on any atom is -0.380 e. The first-order valence-electron chi connectivity index (χ1n) is 7.91. The van der Waals surface area contributed by atoms with E-state index in [4.69, 9.17) is 27.9 Å². The zero-order chi connectivity index (χ0) is 18.0. The molecule has 2 aromatic heterocycles. The maximum Gasteiger partial charge on any atom is 0.139 e. The summed E-state index contributed by atoms with van der Waals surface area (Å²) < 4.78 is 21.0. The predicted octanol–water partition coefficient (Wildman–Crippen LogP) is 5.65. The van der Waals surface area contributed by atoms with Gasteiger partial charge in [-0.25, -0.2) is 9.37 Å². The average Bonchev–Trinajstić information content (AvgIpc) is 2.99. The lowest BCUT2D eigenvalue weighted by Crippen LogP contribution is -2.16. The van der Waals surface area contributed by atoms with Crippen molar-refractivity contribution in [3.05, 3.63) is 52.5 Å². The number of nitrogens with one attached hydrogen (secondary N) is 1. The number of methoxy groups -OCH3 is 1. The molecule has 132 valence electrons. The monoisotopic (exact) mass is 381 g/mol. The van der Waals surface area contributed by atoms with Crippen molar-refractivity contribution in [2.75, 3.05) is 12.4 Å². The maximum atomic E-state index is 13.4. The molecule has 2 heterocycles. The Bertz CT molecular complexity index is 870. The fourth-order valence-electron chi connectivity index (χ4n) is 2.75. The molecule has 0 aliphatic carbocycles. The molecule has 0 amide bonds. The van der Waals surface area contributed by atoms with Crippen molar-refractivity contribution in [2.45, 2.75) is 26.0 Å². The normalized spacial score (nSPS) is 12.5. The lowest BCUT2D eigenvalue weighted by Gasteiger charge is -2.15. The number of fused-ring (bicyclic) bond motifs is 1. The summed E-state index contributed by atoms with van der Waals surface area (Å²) in [7, 11) is 1.72. The SMILES string of the molecule is CCC(Cn1ccc2c(Nc3c(Cl)cc(F)cc3Cl)nccc21)OC. The van der Waals surface area contributed by atoms with Crippen LogP contribution in [0.25, 0.3) is 10.9 Å². The minimum absolute atomic E-state index is 0.140. The highest BCUT2D eigenvalue weighted by molar-refractivity contribution is 6.39. The molecule has 1 aromatic carbocycles. The molecule has 0 saturated heterocycles. The van der Waals surface area contributed by atoms with Crippen LogP contribution in [0.2, 0.25) is 10.0 Å². The Kier molecular flexibility index (Phi) is 5.47. The van der Waals surface area contributed by atoms with Crippen LogP contribution in [-0.4, -0.2) is 22.8 Å². The van der Waals surface area contributed by atoms with Crippen LogP contribution in [0.4, 0.5) is 15.9 Å².